The van der Waals surface area contributed by atoms with Crippen LogP contribution in [0.5, 0.6) is 0 Å². The van der Waals surface area contributed by atoms with Crippen molar-refractivity contribution in [2.75, 3.05) is 0 Å². The summed E-state index contributed by atoms with van der Waals surface area (Å²) in [5, 5.41) is 9.75. The van der Waals surface area contributed by atoms with Gasteiger partial charge in [-0.2, -0.15) is 5.26 Å². The zero-order valence-corrected chi connectivity index (χ0v) is 21.9. The normalized spacial score (nSPS) is 51.6. The van der Waals surface area contributed by atoms with Gasteiger partial charge in [0.15, 0.2) is 11.6 Å². The maximum atomic E-state index is 14.4. The number of rotatable bonds is 0. The number of fused-ring (bicyclic) bond motifs is 5. The lowest BCUT2D eigenvalue weighted by Gasteiger charge is -2.74. The molecule has 7 aliphatic rings. The fourth-order valence-corrected chi connectivity index (χ4v) is 10.2. The first-order valence-electron chi connectivity index (χ1n) is 13.4. The lowest BCUT2D eigenvalue weighted by molar-refractivity contribution is -0.300. The standard InChI is InChI=1S/C30H37NO4/c1-17-19-7-8-27(5)20(26(19,4)14-18(16-31)23(17)33)13-22(32)28(6)21-15-25(2,3)9-10-29(21)11-12-30(27,28)35-24(29)34/h13-14,17,19,21H,7-12,15H2,1-6H3/t17-,19-,21?,26-,27+,28+,29-,30-/m0/s1. The van der Waals surface area contributed by atoms with Gasteiger partial charge in [-0.05, 0) is 80.8 Å². The Labute approximate surface area is 208 Å². The van der Waals surface area contributed by atoms with Crippen LogP contribution in [0.3, 0.4) is 0 Å². The molecule has 0 radical (unpaired) electrons. The summed E-state index contributed by atoms with van der Waals surface area (Å²) in [4.78, 5) is 41.1. The van der Waals surface area contributed by atoms with Gasteiger partial charge in [0.2, 0.25) is 0 Å². The highest BCUT2D eigenvalue weighted by Crippen LogP contribution is 2.78. The molecule has 186 valence electrons. The summed E-state index contributed by atoms with van der Waals surface area (Å²) in [5.74, 6) is -0.403. The highest BCUT2D eigenvalue weighted by Gasteiger charge is 2.81. The molecule has 7 rings (SSSR count). The maximum Gasteiger partial charge on any atom is 0.313 e. The van der Waals surface area contributed by atoms with Crippen LogP contribution in [0.1, 0.15) is 86.5 Å². The second kappa shape index (κ2) is 6.36. The molecular formula is C30H37NO4. The number of hydrogen-bond donors (Lipinski definition) is 0. The zero-order valence-electron chi connectivity index (χ0n) is 21.9. The fourth-order valence-electron chi connectivity index (χ4n) is 10.2. The minimum Gasteiger partial charge on any atom is -0.457 e. The van der Waals surface area contributed by atoms with E-state index in [1.165, 1.54) is 0 Å². The molecule has 2 spiro atoms. The highest BCUT2D eigenvalue weighted by atomic mass is 16.6. The molecule has 0 aromatic heterocycles. The summed E-state index contributed by atoms with van der Waals surface area (Å²) in [6.45, 7) is 12.8. The van der Waals surface area contributed by atoms with Crippen molar-refractivity contribution in [1.82, 2.24) is 0 Å². The topological polar surface area (TPSA) is 84.2 Å². The molecule has 8 atom stereocenters. The first-order chi connectivity index (χ1) is 16.2. The third-order valence-corrected chi connectivity index (χ3v) is 12.2. The highest BCUT2D eigenvalue weighted by molar-refractivity contribution is 6.03. The minimum atomic E-state index is -0.891. The molecule has 5 heteroatoms. The molecule has 1 unspecified atom stereocenters. The number of ketones is 2. The Bertz CT molecular complexity index is 1200. The molecule has 5 aliphatic carbocycles. The Balaban J connectivity index is 1.60. The van der Waals surface area contributed by atoms with Crippen LogP contribution in [-0.4, -0.2) is 23.1 Å². The Hall–Kier alpha value is -2.22. The Morgan fingerprint density at radius 3 is 2.34 bits per heavy atom. The molecule has 0 aromatic carbocycles. The van der Waals surface area contributed by atoms with Crippen molar-refractivity contribution in [3.05, 3.63) is 23.3 Å². The first kappa shape index (κ1) is 23.2. The number of Topliss-reactive ketones (excluding diaryl/α,β-unsaturated/α-hetero) is 1. The number of hydrogen-bond acceptors (Lipinski definition) is 5. The summed E-state index contributed by atoms with van der Waals surface area (Å²) in [6.07, 6.45) is 9.39. The second-order valence-electron chi connectivity index (χ2n) is 14.0. The monoisotopic (exact) mass is 475 g/mol. The van der Waals surface area contributed by atoms with Crippen LogP contribution >= 0.6 is 0 Å². The van der Waals surface area contributed by atoms with E-state index in [-0.39, 0.29) is 46.3 Å². The van der Waals surface area contributed by atoms with Gasteiger partial charge in [-0.3, -0.25) is 14.4 Å². The predicted molar refractivity (Wildman–Crippen MR) is 130 cm³/mol. The average molecular weight is 476 g/mol. The van der Waals surface area contributed by atoms with Crippen molar-refractivity contribution in [2.45, 2.75) is 92.1 Å². The van der Waals surface area contributed by atoms with Crippen molar-refractivity contribution >= 4 is 17.5 Å². The van der Waals surface area contributed by atoms with Crippen molar-refractivity contribution in [3.8, 4) is 6.07 Å². The van der Waals surface area contributed by atoms with Crippen molar-refractivity contribution < 1.29 is 19.1 Å². The lowest BCUT2D eigenvalue weighted by Crippen LogP contribution is -2.79. The van der Waals surface area contributed by atoms with Crippen LogP contribution in [0, 0.1) is 56.2 Å². The molecule has 2 bridgehead atoms. The summed E-state index contributed by atoms with van der Waals surface area (Å²) < 4.78 is 6.62. The van der Waals surface area contributed by atoms with Crippen LogP contribution in [0.15, 0.2) is 23.3 Å². The van der Waals surface area contributed by atoms with E-state index < -0.39 is 27.3 Å². The van der Waals surface area contributed by atoms with Gasteiger partial charge >= 0.3 is 5.97 Å². The molecule has 2 heterocycles. The quantitative estimate of drug-likeness (QED) is 0.432. The Morgan fingerprint density at radius 1 is 1.00 bits per heavy atom. The predicted octanol–water partition coefficient (Wildman–Crippen LogP) is 5.50. The number of nitriles is 1. The van der Waals surface area contributed by atoms with Gasteiger partial charge in [-0.15, -0.1) is 0 Å². The van der Waals surface area contributed by atoms with Gasteiger partial charge in [0.1, 0.15) is 11.7 Å². The SMILES string of the molecule is C[C@@H]1C(=O)C(C#N)=C[C@]2(C)C3=CC(=O)[C@@]4(C)C5CC(C)(C)CC[C@]56CC[C@]4(OC6=O)[C@]3(C)CC[C@@H]12. The molecule has 0 aromatic rings. The van der Waals surface area contributed by atoms with E-state index in [1.807, 2.05) is 19.1 Å². The van der Waals surface area contributed by atoms with Crippen LogP contribution < -0.4 is 0 Å². The van der Waals surface area contributed by atoms with Crippen molar-refractivity contribution in [2.24, 2.45) is 44.8 Å². The van der Waals surface area contributed by atoms with E-state index in [9.17, 15) is 19.6 Å². The van der Waals surface area contributed by atoms with Gasteiger partial charge in [-0.25, -0.2) is 0 Å². The Morgan fingerprint density at radius 2 is 1.69 bits per heavy atom. The molecular weight excluding hydrogens is 438 g/mol. The lowest BCUT2D eigenvalue weighted by atomic mass is 9.32. The summed E-state index contributed by atoms with van der Waals surface area (Å²) in [7, 11) is 0. The number of allylic oxidation sites excluding steroid dienone is 3. The second-order valence-corrected chi connectivity index (χ2v) is 14.0. The smallest absolute Gasteiger partial charge is 0.313 e. The molecule has 35 heavy (non-hydrogen) atoms. The van der Waals surface area contributed by atoms with E-state index in [2.05, 4.69) is 40.7 Å². The fraction of sp³-hybridized carbons (Fsp3) is 0.733. The molecule has 5 fully saturated rings. The van der Waals surface area contributed by atoms with E-state index in [4.69, 9.17) is 4.74 Å². The summed E-state index contributed by atoms with van der Waals surface area (Å²) >= 11 is 0. The third kappa shape index (κ3) is 2.30. The molecule has 2 aliphatic heterocycles. The van der Waals surface area contributed by atoms with Crippen LogP contribution in [0.2, 0.25) is 0 Å². The summed E-state index contributed by atoms with van der Waals surface area (Å²) in [6, 6.07) is 2.12. The third-order valence-electron chi connectivity index (χ3n) is 12.2. The Kier molecular flexibility index (Phi) is 4.22. The number of carbonyl (C=O) groups is 3. The average Bonchev–Trinajstić information content (AvgIpc) is 2.79. The van der Waals surface area contributed by atoms with Crippen molar-refractivity contribution in [1.29, 1.82) is 5.26 Å². The first-order valence-corrected chi connectivity index (χ1v) is 13.4. The number of carbonyl (C=O) groups excluding carboxylic acids is 3. The molecule has 3 saturated carbocycles. The van der Waals surface area contributed by atoms with E-state index in [0.717, 1.165) is 44.1 Å². The van der Waals surface area contributed by atoms with Gasteiger partial charge in [-0.1, -0.05) is 40.7 Å². The van der Waals surface area contributed by atoms with Crippen LogP contribution in [0.25, 0.3) is 0 Å². The molecule has 2 saturated heterocycles. The largest absolute Gasteiger partial charge is 0.457 e. The maximum absolute atomic E-state index is 14.4. The minimum absolute atomic E-state index is 0.0237. The van der Waals surface area contributed by atoms with Gasteiger partial charge in [0, 0.05) is 16.7 Å². The molecule has 5 nitrogen and oxygen atoms in total. The van der Waals surface area contributed by atoms with E-state index in [0.29, 0.717) is 6.42 Å². The van der Waals surface area contributed by atoms with Crippen LogP contribution in [0.4, 0.5) is 0 Å². The van der Waals surface area contributed by atoms with Gasteiger partial charge < -0.3 is 4.74 Å². The van der Waals surface area contributed by atoms with E-state index >= 15 is 0 Å². The molecule has 0 N–H and O–H groups in total. The van der Waals surface area contributed by atoms with Gasteiger partial charge in [0.05, 0.1) is 16.4 Å². The van der Waals surface area contributed by atoms with Gasteiger partial charge in [0.25, 0.3) is 0 Å². The number of nitrogens with zero attached hydrogens (tertiary/aromatic N) is 1. The van der Waals surface area contributed by atoms with Crippen molar-refractivity contribution in [3.63, 3.8) is 0 Å². The number of esters is 1. The summed E-state index contributed by atoms with van der Waals surface area (Å²) in [5.41, 5.74) is -2.10. The molecule has 0 amide bonds. The van der Waals surface area contributed by atoms with E-state index in [1.54, 1.807) is 0 Å². The van der Waals surface area contributed by atoms with Crippen LogP contribution in [-0.2, 0) is 19.1 Å². The number of ether oxygens (including phenoxy) is 1. The zero-order chi connectivity index (χ0) is 25.4.